The summed E-state index contributed by atoms with van der Waals surface area (Å²) in [4.78, 5) is 4.05. The number of halogens is 2. The van der Waals surface area contributed by atoms with E-state index in [-0.39, 0.29) is 16.3 Å². The fraction of sp³-hybridized carbons (Fsp3) is 0. The van der Waals surface area contributed by atoms with Gasteiger partial charge in [0.05, 0.1) is 0 Å². The van der Waals surface area contributed by atoms with Gasteiger partial charge in [-0.15, -0.1) is 4.79 Å². The fourth-order valence-corrected chi connectivity index (χ4v) is 1.93. The van der Waals surface area contributed by atoms with Crippen molar-refractivity contribution in [1.82, 2.24) is 9.77 Å². The van der Waals surface area contributed by atoms with E-state index >= 15 is 0 Å². The summed E-state index contributed by atoms with van der Waals surface area (Å²) in [6.45, 7) is 0. The molecule has 2 aromatic carbocycles. The van der Waals surface area contributed by atoms with Gasteiger partial charge >= 0.3 is 0 Å². The standard InChI is InChI=1S/C15H10F2N2/c16-14-13(11-7-3-1-4-8-11)18-15(19(14)17)12-9-5-2-6-10-12/h1-10H. The lowest BCUT2D eigenvalue weighted by molar-refractivity contribution is 0.305. The lowest BCUT2D eigenvalue weighted by Gasteiger charge is -1.96. The molecular weight excluding hydrogens is 246 g/mol. The first kappa shape index (κ1) is 11.6. The third-order valence-electron chi connectivity index (χ3n) is 2.85. The van der Waals surface area contributed by atoms with Gasteiger partial charge in [0.1, 0.15) is 5.69 Å². The Labute approximate surface area is 108 Å². The van der Waals surface area contributed by atoms with E-state index in [1.54, 1.807) is 48.5 Å². The lowest BCUT2D eigenvalue weighted by Crippen LogP contribution is -1.90. The van der Waals surface area contributed by atoms with Crippen LogP contribution in [0.4, 0.5) is 8.87 Å². The van der Waals surface area contributed by atoms with Gasteiger partial charge in [-0.2, -0.15) is 4.39 Å². The highest BCUT2D eigenvalue weighted by Crippen LogP contribution is 2.27. The van der Waals surface area contributed by atoms with Gasteiger partial charge in [-0.1, -0.05) is 65.1 Å². The maximum Gasteiger partial charge on any atom is 0.250 e. The van der Waals surface area contributed by atoms with Crippen LogP contribution in [0.25, 0.3) is 22.6 Å². The van der Waals surface area contributed by atoms with Gasteiger partial charge < -0.3 is 0 Å². The van der Waals surface area contributed by atoms with E-state index in [4.69, 9.17) is 0 Å². The van der Waals surface area contributed by atoms with Crippen molar-refractivity contribution in [1.29, 1.82) is 0 Å². The summed E-state index contributed by atoms with van der Waals surface area (Å²) in [6, 6.07) is 17.4. The topological polar surface area (TPSA) is 17.8 Å². The molecular formula is C15H10F2N2. The second kappa shape index (κ2) is 4.65. The molecule has 0 saturated carbocycles. The SMILES string of the molecule is Fc1c(-c2ccccc2)nc(-c2ccccc2)n1F. The molecule has 0 atom stereocenters. The van der Waals surface area contributed by atoms with E-state index in [0.29, 0.717) is 11.1 Å². The van der Waals surface area contributed by atoms with Crippen molar-refractivity contribution >= 4 is 0 Å². The van der Waals surface area contributed by atoms with Crippen LogP contribution in [0, 0.1) is 5.95 Å². The normalized spacial score (nSPS) is 10.6. The number of benzene rings is 2. The van der Waals surface area contributed by atoms with Crippen LogP contribution >= 0.6 is 0 Å². The van der Waals surface area contributed by atoms with Crippen LogP contribution in [0.1, 0.15) is 0 Å². The molecule has 3 aromatic rings. The Morgan fingerprint density at radius 3 is 1.89 bits per heavy atom. The third kappa shape index (κ3) is 2.01. The van der Waals surface area contributed by atoms with E-state index in [1.807, 2.05) is 12.1 Å². The maximum atomic E-state index is 13.9. The van der Waals surface area contributed by atoms with Gasteiger partial charge in [-0.3, -0.25) is 0 Å². The molecule has 0 radical (unpaired) electrons. The maximum absolute atomic E-state index is 13.9. The van der Waals surface area contributed by atoms with E-state index in [9.17, 15) is 8.87 Å². The largest absolute Gasteiger partial charge is 0.250 e. The second-order valence-electron chi connectivity index (χ2n) is 4.09. The number of imidazole rings is 1. The van der Waals surface area contributed by atoms with Crippen LogP contribution in [0.3, 0.4) is 0 Å². The molecule has 1 heterocycles. The van der Waals surface area contributed by atoms with Crippen molar-refractivity contribution in [3.8, 4) is 22.6 Å². The van der Waals surface area contributed by atoms with E-state index in [1.165, 1.54) is 0 Å². The zero-order valence-corrected chi connectivity index (χ0v) is 9.92. The number of aromatic nitrogens is 2. The molecule has 0 bridgehead atoms. The Bertz CT molecular complexity index is 631. The van der Waals surface area contributed by atoms with E-state index < -0.39 is 5.95 Å². The van der Waals surface area contributed by atoms with Crippen LogP contribution in [-0.2, 0) is 0 Å². The van der Waals surface area contributed by atoms with Gasteiger partial charge in [0, 0.05) is 11.1 Å². The Hall–Kier alpha value is -2.49. The minimum Gasteiger partial charge on any atom is -0.222 e. The molecule has 19 heavy (non-hydrogen) atoms. The van der Waals surface area contributed by atoms with Gasteiger partial charge in [0.25, 0.3) is 5.95 Å². The van der Waals surface area contributed by atoms with Crippen molar-refractivity contribution in [3.05, 3.63) is 66.6 Å². The summed E-state index contributed by atoms with van der Waals surface area (Å²) in [7, 11) is 0. The number of rotatable bonds is 2. The predicted molar refractivity (Wildman–Crippen MR) is 69.6 cm³/mol. The average Bonchev–Trinajstić information content (AvgIpc) is 2.77. The van der Waals surface area contributed by atoms with Crippen molar-refractivity contribution in [2.75, 3.05) is 0 Å². The molecule has 0 fully saturated rings. The lowest BCUT2D eigenvalue weighted by atomic mass is 10.2. The summed E-state index contributed by atoms with van der Waals surface area (Å²) < 4.78 is 27.8. The zero-order valence-electron chi connectivity index (χ0n) is 9.92. The zero-order chi connectivity index (χ0) is 13.2. The molecule has 2 nitrogen and oxygen atoms in total. The summed E-state index contributed by atoms with van der Waals surface area (Å²) in [5.74, 6) is -1.01. The number of hydrogen-bond donors (Lipinski definition) is 0. The van der Waals surface area contributed by atoms with Crippen LogP contribution < -0.4 is 0 Å². The predicted octanol–water partition coefficient (Wildman–Crippen LogP) is 4.09. The molecule has 0 aliphatic rings. The summed E-state index contributed by atoms with van der Waals surface area (Å²) >= 11 is 0. The average molecular weight is 256 g/mol. The Morgan fingerprint density at radius 2 is 1.32 bits per heavy atom. The minimum absolute atomic E-state index is 0.0157. The molecule has 0 saturated heterocycles. The first-order valence-corrected chi connectivity index (χ1v) is 5.82. The van der Waals surface area contributed by atoms with Gasteiger partial charge in [0.15, 0.2) is 5.82 Å². The Morgan fingerprint density at radius 1 is 0.789 bits per heavy atom. The van der Waals surface area contributed by atoms with E-state index in [0.717, 1.165) is 0 Å². The van der Waals surface area contributed by atoms with Gasteiger partial charge in [0.2, 0.25) is 0 Å². The summed E-state index contributed by atoms with van der Waals surface area (Å²) in [5, 5.41) is 0. The molecule has 0 aliphatic heterocycles. The van der Waals surface area contributed by atoms with Gasteiger partial charge in [-0.25, -0.2) is 4.98 Å². The molecule has 0 spiro atoms. The molecule has 0 N–H and O–H groups in total. The second-order valence-corrected chi connectivity index (χ2v) is 4.09. The van der Waals surface area contributed by atoms with E-state index in [2.05, 4.69) is 4.98 Å². The minimum atomic E-state index is -0.981. The van der Waals surface area contributed by atoms with Crippen molar-refractivity contribution < 1.29 is 8.87 Å². The first-order valence-electron chi connectivity index (χ1n) is 5.82. The van der Waals surface area contributed by atoms with Crippen LogP contribution in [0.2, 0.25) is 0 Å². The number of hydrogen-bond acceptors (Lipinski definition) is 1. The molecule has 1 aromatic heterocycles. The van der Waals surface area contributed by atoms with Crippen LogP contribution in [-0.4, -0.2) is 9.77 Å². The highest BCUT2D eigenvalue weighted by Gasteiger charge is 2.19. The van der Waals surface area contributed by atoms with Gasteiger partial charge in [-0.05, 0) is 0 Å². The highest BCUT2D eigenvalue weighted by molar-refractivity contribution is 5.65. The van der Waals surface area contributed by atoms with Crippen molar-refractivity contribution in [2.24, 2.45) is 0 Å². The number of nitrogens with zero attached hydrogens (tertiary/aromatic N) is 2. The molecule has 0 amide bonds. The molecule has 3 rings (SSSR count). The van der Waals surface area contributed by atoms with Crippen molar-refractivity contribution in [3.63, 3.8) is 0 Å². The van der Waals surface area contributed by atoms with Crippen LogP contribution in [0.15, 0.2) is 60.7 Å². The van der Waals surface area contributed by atoms with Crippen molar-refractivity contribution in [2.45, 2.75) is 0 Å². The quantitative estimate of drug-likeness (QED) is 0.675. The summed E-state index contributed by atoms with van der Waals surface area (Å²) in [6.07, 6.45) is 0. The molecule has 0 unspecified atom stereocenters. The Kier molecular flexibility index (Phi) is 2.83. The first-order chi connectivity index (χ1) is 9.27. The molecule has 0 aliphatic carbocycles. The Balaban J connectivity index is 2.16. The monoisotopic (exact) mass is 256 g/mol. The smallest absolute Gasteiger partial charge is 0.222 e. The highest BCUT2D eigenvalue weighted by atomic mass is 19.2. The fourth-order valence-electron chi connectivity index (χ4n) is 1.93. The third-order valence-corrected chi connectivity index (χ3v) is 2.85. The van der Waals surface area contributed by atoms with Crippen LogP contribution in [0.5, 0.6) is 0 Å². The molecule has 94 valence electrons. The molecule has 4 heteroatoms. The summed E-state index contributed by atoms with van der Waals surface area (Å²) in [5.41, 5.74) is 1.10.